The number of pyridine rings is 1. The zero-order chi connectivity index (χ0) is 15.7. The molecular weight excluding hydrogens is 306 g/mol. The molecule has 0 bridgehead atoms. The molecule has 110 valence electrons. The molecule has 5 nitrogen and oxygen atoms in total. The van der Waals surface area contributed by atoms with Crippen molar-refractivity contribution in [2.75, 3.05) is 5.73 Å². The van der Waals surface area contributed by atoms with E-state index in [-0.39, 0.29) is 27.4 Å². The Labute approximate surface area is 122 Å². The molecule has 0 aliphatic heterocycles. The molecule has 0 radical (unpaired) electrons. The van der Waals surface area contributed by atoms with Crippen LogP contribution in [0.1, 0.15) is 5.56 Å². The minimum atomic E-state index is -1.61. The highest BCUT2D eigenvalue weighted by Gasteiger charge is 2.19. The van der Waals surface area contributed by atoms with Gasteiger partial charge in [-0.15, -0.1) is 0 Å². The molecule has 0 amide bonds. The summed E-state index contributed by atoms with van der Waals surface area (Å²) in [6.07, 6.45) is -0.504. The van der Waals surface area contributed by atoms with Crippen molar-refractivity contribution in [1.29, 1.82) is 0 Å². The van der Waals surface area contributed by atoms with Crippen LogP contribution in [-0.4, -0.2) is 16.2 Å². The first-order valence-electron chi connectivity index (χ1n) is 5.62. The molecule has 0 unspecified atom stereocenters. The highest BCUT2D eigenvalue weighted by molar-refractivity contribution is 6.35. The topological polar surface area (TPSA) is 85.4 Å². The van der Waals surface area contributed by atoms with Gasteiger partial charge in [0.05, 0.1) is 5.69 Å². The van der Waals surface area contributed by atoms with E-state index in [0.29, 0.717) is 0 Å². The summed E-state index contributed by atoms with van der Waals surface area (Å²) in [6.45, 7) is 1.28. The molecule has 3 N–H and O–H groups in total. The van der Waals surface area contributed by atoms with Crippen LogP contribution in [0.5, 0.6) is 5.88 Å². The summed E-state index contributed by atoms with van der Waals surface area (Å²) < 4.78 is 31.7. The largest absolute Gasteiger partial charge is 0.512 e. The van der Waals surface area contributed by atoms with Crippen LogP contribution in [0, 0.1) is 18.6 Å². The van der Waals surface area contributed by atoms with Gasteiger partial charge in [0.15, 0.2) is 0 Å². The lowest BCUT2D eigenvalue weighted by Crippen LogP contribution is -2.07. The van der Waals surface area contributed by atoms with Gasteiger partial charge in [0.25, 0.3) is 0 Å². The van der Waals surface area contributed by atoms with Crippen LogP contribution < -0.4 is 10.5 Å². The van der Waals surface area contributed by atoms with Crippen molar-refractivity contribution < 1.29 is 23.4 Å². The van der Waals surface area contributed by atoms with Crippen molar-refractivity contribution >= 4 is 23.4 Å². The number of benzene rings is 1. The Hall–Kier alpha value is -2.41. The molecule has 1 aromatic heterocycles. The van der Waals surface area contributed by atoms with Crippen molar-refractivity contribution in [1.82, 2.24) is 4.98 Å². The van der Waals surface area contributed by atoms with E-state index in [1.54, 1.807) is 0 Å². The molecule has 2 rings (SSSR count). The van der Waals surface area contributed by atoms with E-state index < -0.39 is 23.7 Å². The predicted molar refractivity (Wildman–Crippen MR) is 72.4 cm³/mol. The Balaban J connectivity index is 2.59. The molecule has 1 aromatic carbocycles. The first kappa shape index (κ1) is 15.0. The fraction of sp³-hybridized carbons (Fsp3) is 0.0769. The number of hydrogen-bond acceptors (Lipinski definition) is 4. The van der Waals surface area contributed by atoms with E-state index in [2.05, 4.69) is 9.72 Å². The van der Waals surface area contributed by atoms with Gasteiger partial charge in [0.1, 0.15) is 16.7 Å². The third-order valence-electron chi connectivity index (χ3n) is 2.82. The molecule has 0 saturated heterocycles. The first-order chi connectivity index (χ1) is 9.82. The number of carbonyl (C=O) groups is 1. The minimum absolute atomic E-state index is 0.00248. The highest BCUT2D eigenvalue weighted by Crippen LogP contribution is 2.38. The second-order valence-electron chi connectivity index (χ2n) is 4.11. The van der Waals surface area contributed by atoms with Crippen LogP contribution in [0.3, 0.4) is 0 Å². The summed E-state index contributed by atoms with van der Waals surface area (Å²) in [7, 11) is 0. The quantitative estimate of drug-likeness (QED) is 0.827. The fourth-order valence-corrected chi connectivity index (χ4v) is 1.91. The Bertz CT molecular complexity index is 738. The third kappa shape index (κ3) is 2.73. The Morgan fingerprint density at radius 1 is 1.38 bits per heavy atom. The van der Waals surface area contributed by atoms with Gasteiger partial charge in [-0.05, 0) is 19.1 Å². The number of aromatic nitrogens is 1. The molecule has 8 heteroatoms. The first-order valence-corrected chi connectivity index (χ1v) is 6.00. The molecule has 0 fully saturated rings. The number of halogens is 3. The second kappa shape index (κ2) is 5.53. The zero-order valence-electron chi connectivity index (χ0n) is 10.7. The van der Waals surface area contributed by atoms with Crippen molar-refractivity contribution in [3.8, 4) is 17.0 Å². The van der Waals surface area contributed by atoms with E-state index in [0.717, 1.165) is 12.3 Å². The van der Waals surface area contributed by atoms with Gasteiger partial charge in [-0.3, -0.25) is 0 Å². The van der Waals surface area contributed by atoms with Gasteiger partial charge in [-0.2, -0.15) is 0 Å². The minimum Gasteiger partial charge on any atom is -0.449 e. The average Bonchev–Trinajstić information content (AvgIpc) is 2.42. The van der Waals surface area contributed by atoms with E-state index in [1.807, 2.05) is 0 Å². The van der Waals surface area contributed by atoms with Crippen molar-refractivity contribution in [3.63, 3.8) is 0 Å². The fourth-order valence-electron chi connectivity index (χ4n) is 1.72. The van der Waals surface area contributed by atoms with Gasteiger partial charge < -0.3 is 15.6 Å². The van der Waals surface area contributed by atoms with Crippen molar-refractivity contribution in [3.05, 3.63) is 40.6 Å². The van der Waals surface area contributed by atoms with E-state index in [4.69, 9.17) is 22.4 Å². The zero-order valence-corrected chi connectivity index (χ0v) is 11.4. The van der Waals surface area contributed by atoms with Gasteiger partial charge >= 0.3 is 6.16 Å². The SMILES string of the molecule is Cc1c(F)ccc(-c2cnc(OC(=O)O)c(Cl)c2N)c1F. The van der Waals surface area contributed by atoms with Gasteiger partial charge in [0.2, 0.25) is 5.88 Å². The maximum Gasteiger partial charge on any atom is 0.512 e. The molecule has 0 saturated carbocycles. The Morgan fingerprint density at radius 3 is 2.67 bits per heavy atom. The summed E-state index contributed by atoms with van der Waals surface area (Å²) in [4.78, 5) is 14.1. The second-order valence-corrected chi connectivity index (χ2v) is 4.48. The number of hydrogen-bond donors (Lipinski definition) is 2. The summed E-state index contributed by atoms with van der Waals surface area (Å²) in [5.74, 6) is -1.91. The number of anilines is 1. The monoisotopic (exact) mass is 314 g/mol. The Morgan fingerprint density at radius 2 is 2.05 bits per heavy atom. The molecule has 0 spiro atoms. The van der Waals surface area contributed by atoms with Crippen LogP contribution in [-0.2, 0) is 0 Å². The van der Waals surface area contributed by atoms with E-state index >= 15 is 0 Å². The normalized spacial score (nSPS) is 10.5. The van der Waals surface area contributed by atoms with E-state index in [9.17, 15) is 13.6 Å². The summed E-state index contributed by atoms with van der Waals surface area (Å²) >= 11 is 5.84. The maximum absolute atomic E-state index is 14.1. The smallest absolute Gasteiger partial charge is 0.449 e. The van der Waals surface area contributed by atoms with E-state index in [1.165, 1.54) is 13.0 Å². The summed E-state index contributed by atoms with van der Waals surface area (Å²) in [5, 5.41) is 8.25. The number of rotatable bonds is 2. The number of carboxylic acid groups (broad SMARTS) is 1. The third-order valence-corrected chi connectivity index (χ3v) is 3.19. The molecular formula is C13H9ClF2N2O3. The van der Waals surface area contributed by atoms with Crippen LogP contribution in [0.2, 0.25) is 5.02 Å². The van der Waals surface area contributed by atoms with Crippen molar-refractivity contribution in [2.45, 2.75) is 6.92 Å². The van der Waals surface area contributed by atoms with Crippen LogP contribution >= 0.6 is 11.6 Å². The number of nitrogen functional groups attached to an aromatic ring is 1. The molecule has 21 heavy (non-hydrogen) atoms. The molecule has 0 atom stereocenters. The van der Waals surface area contributed by atoms with Crippen LogP contribution in [0.25, 0.3) is 11.1 Å². The molecule has 0 aliphatic rings. The van der Waals surface area contributed by atoms with Gasteiger partial charge in [0, 0.05) is 22.9 Å². The lowest BCUT2D eigenvalue weighted by molar-refractivity contribution is 0.142. The predicted octanol–water partition coefficient (Wildman–Crippen LogP) is 3.63. The summed E-state index contributed by atoms with van der Waals surface area (Å²) in [6, 6.07) is 2.28. The van der Waals surface area contributed by atoms with Crippen LogP contribution in [0.4, 0.5) is 19.3 Å². The lowest BCUT2D eigenvalue weighted by atomic mass is 10.0. The average molecular weight is 315 g/mol. The van der Waals surface area contributed by atoms with Gasteiger partial charge in [-0.1, -0.05) is 11.6 Å². The van der Waals surface area contributed by atoms with Crippen molar-refractivity contribution in [2.24, 2.45) is 0 Å². The number of nitrogens with zero attached hydrogens (tertiary/aromatic N) is 1. The Kier molecular flexibility index (Phi) is 3.95. The number of nitrogens with two attached hydrogens (primary N) is 1. The van der Waals surface area contributed by atoms with Crippen LogP contribution in [0.15, 0.2) is 18.3 Å². The van der Waals surface area contributed by atoms with Gasteiger partial charge in [-0.25, -0.2) is 18.6 Å². The molecule has 2 aromatic rings. The number of ether oxygens (including phenoxy) is 1. The lowest BCUT2D eigenvalue weighted by Gasteiger charge is -2.11. The molecule has 1 heterocycles. The highest BCUT2D eigenvalue weighted by atomic mass is 35.5. The summed E-state index contributed by atoms with van der Waals surface area (Å²) in [5.41, 5.74) is 5.56. The standard InChI is InChI=1S/C13H9ClF2N2O3/c1-5-8(15)3-2-6(10(5)16)7-4-18-12(21-13(19)20)9(14)11(7)17/h2-4H,1H3,(H2,17,18)(H,19,20). The maximum atomic E-state index is 14.1. The molecule has 0 aliphatic carbocycles.